The molecule has 0 aromatic heterocycles. The van der Waals surface area contributed by atoms with Gasteiger partial charge in [0.1, 0.15) is 0 Å². The summed E-state index contributed by atoms with van der Waals surface area (Å²) in [4.78, 5) is 10.5. The molecule has 3 heteroatoms. The number of nitrogens with two attached hydrogens (primary N) is 1. The third-order valence-electron chi connectivity index (χ3n) is 2.28. The first kappa shape index (κ1) is 5.23. The highest BCUT2D eigenvalue weighted by Gasteiger charge is 2.57. The van der Waals surface area contributed by atoms with E-state index in [1.54, 1.807) is 0 Å². The lowest BCUT2D eigenvalue weighted by Gasteiger charge is -1.96. The van der Waals surface area contributed by atoms with E-state index in [2.05, 4.69) is 0 Å². The Hall–Kier alpha value is -0.570. The highest BCUT2D eigenvalue weighted by Crippen LogP contribution is 2.50. The van der Waals surface area contributed by atoms with E-state index in [1.165, 1.54) is 0 Å². The third-order valence-corrected chi connectivity index (χ3v) is 2.28. The standard InChI is InChI=1S/C6H9NO2/c7-6(8)5-3-1-9-2-4(3)5/h3-5H,1-2H2,(H2,7,8)/t3-,4+,5-. The maximum Gasteiger partial charge on any atom is 0.221 e. The van der Waals surface area contributed by atoms with Crippen LogP contribution >= 0.6 is 0 Å². The van der Waals surface area contributed by atoms with E-state index in [4.69, 9.17) is 10.5 Å². The van der Waals surface area contributed by atoms with Gasteiger partial charge in [0.15, 0.2) is 0 Å². The normalized spacial score (nSPS) is 46.4. The van der Waals surface area contributed by atoms with Crippen molar-refractivity contribution in [3.8, 4) is 0 Å². The van der Waals surface area contributed by atoms with Crippen LogP contribution < -0.4 is 5.73 Å². The van der Waals surface area contributed by atoms with Gasteiger partial charge in [0.25, 0.3) is 0 Å². The van der Waals surface area contributed by atoms with Gasteiger partial charge in [-0.05, 0) is 11.8 Å². The molecule has 3 nitrogen and oxygen atoms in total. The second-order valence-corrected chi connectivity index (χ2v) is 2.79. The van der Waals surface area contributed by atoms with Crippen molar-refractivity contribution in [2.45, 2.75) is 0 Å². The van der Waals surface area contributed by atoms with Gasteiger partial charge in [-0.3, -0.25) is 4.79 Å². The molecule has 3 atom stereocenters. The Labute approximate surface area is 53.2 Å². The lowest BCUT2D eigenvalue weighted by Crippen LogP contribution is -2.18. The van der Waals surface area contributed by atoms with Crippen LogP contribution in [0.5, 0.6) is 0 Å². The van der Waals surface area contributed by atoms with Crippen molar-refractivity contribution in [2.75, 3.05) is 13.2 Å². The van der Waals surface area contributed by atoms with Crippen LogP contribution in [0.25, 0.3) is 0 Å². The van der Waals surface area contributed by atoms with Crippen molar-refractivity contribution < 1.29 is 9.53 Å². The molecule has 1 amide bonds. The Morgan fingerprint density at radius 3 is 2.33 bits per heavy atom. The zero-order valence-corrected chi connectivity index (χ0v) is 5.04. The van der Waals surface area contributed by atoms with Gasteiger partial charge < -0.3 is 10.5 Å². The number of primary amides is 1. The third kappa shape index (κ3) is 0.580. The monoisotopic (exact) mass is 127 g/mol. The number of hydrogen-bond donors (Lipinski definition) is 1. The van der Waals surface area contributed by atoms with Crippen LogP contribution in [-0.2, 0) is 9.53 Å². The lowest BCUT2D eigenvalue weighted by molar-refractivity contribution is -0.120. The number of amides is 1. The van der Waals surface area contributed by atoms with Crippen LogP contribution in [0.1, 0.15) is 0 Å². The molecule has 2 aliphatic rings. The number of hydrogen-bond acceptors (Lipinski definition) is 2. The molecule has 2 N–H and O–H groups in total. The van der Waals surface area contributed by atoms with Crippen LogP contribution in [0.15, 0.2) is 0 Å². The smallest absolute Gasteiger partial charge is 0.221 e. The summed E-state index contributed by atoms with van der Waals surface area (Å²) in [5.41, 5.74) is 5.09. The van der Waals surface area contributed by atoms with Crippen molar-refractivity contribution in [3.05, 3.63) is 0 Å². The maximum absolute atomic E-state index is 10.5. The fraction of sp³-hybridized carbons (Fsp3) is 0.833. The van der Waals surface area contributed by atoms with Gasteiger partial charge in [-0.1, -0.05) is 0 Å². The molecule has 0 unspecified atom stereocenters. The SMILES string of the molecule is NC(=O)[C@@H]1[C@@H]2COC[C@@H]21. The fourth-order valence-electron chi connectivity index (χ4n) is 1.66. The average molecular weight is 127 g/mol. The Balaban J connectivity index is 2.02. The largest absolute Gasteiger partial charge is 0.381 e. The summed E-state index contributed by atoms with van der Waals surface area (Å²) >= 11 is 0. The molecule has 1 saturated heterocycles. The van der Waals surface area contributed by atoms with E-state index in [0.29, 0.717) is 11.8 Å². The Kier molecular flexibility index (Phi) is 0.858. The summed E-state index contributed by atoms with van der Waals surface area (Å²) in [6, 6.07) is 0. The molecule has 2 rings (SSSR count). The number of rotatable bonds is 1. The number of carbonyl (C=O) groups excluding carboxylic acids is 1. The fourth-order valence-corrected chi connectivity index (χ4v) is 1.66. The van der Waals surface area contributed by atoms with E-state index in [9.17, 15) is 4.79 Å². The van der Waals surface area contributed by atoms with E-state index < -0.39 is 0 Å². The first-order valence-electron chi connectivity index (χ1n) is 3.18. The van der Waals surface area contributed by atoms with Crippen molar-refractivity contribution in [1.82, 2.24) is 0 Å². The first-order chi connectivity index (χ1) is 4.30. The van der Waals surface area contributed by atoms with Crippen molar-refractivity contribution in [3.63, 3.8) is 0 Å². The van der Waals surface area contributed by atoms with Gasteiger partial charge in [-0.15, -0.1) is 0 Å². The second kappa shape index (κ2) is 1.48. The lowest BCUT2D eigenvalue weighted by atomic mass is 10.3. The second-order valence-electron chi connectivity index (χ2n) is 2.79. The predicted molar refractivity (Wildman–Crippen MR) is 30.5 cm³/mol. The molecule has 50 valence electrons. The van der Waals surface area contributed by atoms with Crippen molar-refractivity contribution in [1.29, 1.82) is 0 Å². The number of carbonyl (C=O) groups is 1. The average Bonchev–Trinajstić information content (AvgIpc) is 2.30. The van der Waals surface area contributed by atoms with E-state index in [0.717, 1.165) is 13.2 Å². The summed E-state index contributed by atoms with van der Waals surface area (Å²) in [6.07, 6.45) is 0. The van der Waals surface area contributed by atoms with Gasteiger partial charge in [-0.2, -0.15) is 0 Å². The van der Waals surface area contributed by atoms with E-state index in [-0.39, 0.29) is 11.8 Å². The Morgan fingerprint density at radius 2 is 2.00 bits per heavy atom. The summed E-state index contributed by atoms with van der Waals surface area (Å²) in [6.45, 7) is 1.50. The minimum Gasteiger partial charge on any atom is -0.381 e. The van der Waals surface area contributed by atoms with Crippen LogP contribution in [0.2, 0.25) is 0 Å². The number of ether oxygens (including phenoxy) is 1. The highest BCUT2D eigenvalue weighted by atomic mass is 16.5. The molecule has 0 spiro atoms. The van der Waals surface area contributed by atoms with Gasteiger partial charge in [-0.25, -0.2) is 0 Å². The zero-order chi connectivity index (χ0) is 6.43. The topological polar surface area (TPSA) is 52.3 Å². The van der Waals surface area contributed by atoms with Gasteiger partial charge >= 0.3 is 0 Å². The summed E-state index contributed by atoms with van der Waals surface area (Å²) in [7, 11) is 0. The molecule has 0 radical (unpaired) electrons. The quantitative estimate of drug-likeness (QED) is 0.509. The molecule has 0 aromatic rings. The van der Waals surface area contributed by atoms with Crippen molar-refractivity contribution >= 4 is 5.91 Å². The van der Waals surface area contributed by atoms with Crippen LogP contribution in [0, 0.1) is 17.8 Å². The first-order valence-corrected chi connectivity index (χ1v) is 3.18. The van der Waals surface area contributed by atoms with Crippen LogP contribution in [0.3, 0.4) is 0 Å². The maximum atomic E-state index is 10.5. The Bertz CT molecular complexity index is 147. The van der Waals surface area contributed by atoms with Gasteiger partial charge in [0, 0.05) is 5.92 Å². The molecule has 2 fully saturated rings. The molecule has 1 saturated carbocycles. The molecule has 0 bridgehead atoms. The van der Waals surface area contributed by atoms with E-state index in [1.807, 2.05) is 0 Å². The summed E-state index contributed by atoms with van der Waals surface area (Å²) in [5, 5.41) is 0. The van der Waals surface area contributed by atoms with Gasteiger partial charge in [0.05, 0.1) is 13.2 Å². The van der Waals surface area contributed by atoms with Crippen molar-refractivity contribution in [2.24, 2.45) is 23.5 Å². The predicted octanol–water partition coefficient (Wildman–Crippen LogP) is -0.636. The minimum absolute atomic E-state index is 0.145. The molecule has 1 aliphatic carbocycles. The Morgan fingerprint density at radius 1 is 1.44 bits per heavy atom. The van der Waals surface area contributed by atoms with Crippen LogP contribution in [0.4, 0.5) is 0 Å². The van der Waals surface area contributed by atoms with Gasteiger partial charge in [0.2, 0.25) is 5.91 Å². The highest BCUT2D eigenvalue weighted by molar-refractivity contribution is 5.80. The zero-order valence-electron chi connectivity index (χ0n) is 5.04. The van der Waals surface area contributed by atoms with Crippen LogP contribution in [-0.4, -0.2) is 19.1 Å². The molecule has 0 aromatic carbocycles. The summed E-state index contributed by atoms with van der Waals surface area (Å²) in [5.74, 6) is 0.956. The van der Waals surface area contributed by atoms with E-state index >= 15 is 0 Å². The molecule has 1 heterocycles. The minimum atomic E-state index is -0.145. The molecule has 9 heavy (non-hydrogen) atoms. The molecule has 1 aliphatic heterocycles. The molecular formula is C6H9NO2. The summed E-state index contributed by atoms with van der Waals surface area (Å²) < 4.78 is 5.08. The number of fused-ring (bicyclic) bond motifs is 1. The molecular weight excluding hydrogens is 118 g/mol.